The predicted octanol–water partition coefficient (Wildman–Crippen LogP) is 3.40. The van der Waals surface area contributed by atoms with Gasteiger partial charge in [0.15, 0.2) is 5.78 Å². The van der Waals surface area contributed by atoms with Crippen molar-refractivity contribution in [3.05, 3.63) is 77.4 Å². The van der Waals surface area contributed by atoms with Crippen molar-refractivity contribution < 1.29 is 9.59 Å². The molecule has 88 valence electrons. The van der Waals surface area contributed by atoms with Crippen LogP contribution in [0.15, 0.2) is 60.7 Å². The van der Waals surface area contributed by atoms with Crippen molar-refractivity contribution in [3.8, 4) is 0 Å². The van der Waals surface area contributed by atoms with Crippen LogP contribution in [-0.2, 0) is 0 Å². The van der Waals surface area contributed by atoms with Crippen molar-refractivity contribution in [2.45, 2.75) is 0 Å². The Morgan fingerprint density at radius 2 is 1.50 bits per heavy atom. The molecule has 2 aromatic carbocycles. The summed E-state index contributed by atoms with van der Waals surface area (Å²) in [6, 6.07) is 16.2. The lowest BCUT2D eigenvalue weighted by atomic mass is 10.1. The number of allylic oxidation sites excluding steroid dienone is 1. The first-order valence-corrected chi connectivity index (χ1v) is 5.62. The highest BCUT2D eigenvalue weighted by molar-refractivity contribution is 6.07. The smallest absolute Gasteiger partial charge is 0.185 e. The van der Waals surface area contributed by atoms with Crippen LogP contribution in [0.1, 0.15) is 26.3 Å². The maximum atomic E-state index is 11.8. The van der Waals surface area contributed by atoms with E-state index in [0.717, 1.165) is 11.8 Å². The molecule has 0 aromatic heterocycles. The number of ketones is 1. The zero-order chi connectivity index (χ0) is 12.8. The highest BCUT2D eigenvalue weighted by atomic mass is 16.1. The van der Waals surface area contributed by atoms with E-state index >= 15 is 0 Å². The average Bonchev–Trinajstić information content (AvgIpc) is 2.46. The molecule has 0 radical (unpaired) electrons. The van der Waals surface area contributed by atoms with Crippen LogP contribution in [0.4, 0.5) is 0 Å². The zero-order valence-corrected chi connectivity index (χ0v) is 9.74. The molecule has 0 aliphatic carbocycles. The summed E-state index contributed by atoms with van der Waals surface area (Å²) in [5.74, 6) is -0.0729. The van der Waals surface area contributed by atoms with E-state index < -0.39 is 0 Å². The molecule has 0 heterocycles. The number of benzene rings is 2. The monoisotopic (exact) mass is 236 g/mol. The van der Waals surface area contributed by atoms with Crippen LogP contribution in [-0.4, -0.2) is 12.1 Å². The van der Waals surface area contributed by atoms with E-state index in [-0.39, 0.29) is 5.78 Å². The van der Waals surface area contributed by atoms with Gasteiger partial charge in [-0.25, -0.2) is 0 Å². The summed E-state index contributed by atoms with van der Waals surface area (Å²) in [6.45, 7) is 0. The Morgan fingerprint density at radius 3 is 2.11 bits per heavy atom. The number of aldehydes is 1. The van der Waals surface area contributed by atoms with Crippen LogP contribution in [0.3, 0.4) is 0 Å². The molecule has 0 bridgehead atoms. The molecular weight excluding hydrogens is 224 g/mol. The van der Waals surface area contributed by atoms with Crippen LogP contribution >= 0.6 is 0 Å². The van der Waals surface area contributed by atoms with Gasteiger partial charge in [0.1, 0.15) is 6.29 Å². The molecule has 0 aliphatic rings. The Morgan fingerprint density at radius 1 is 0.833 bits per heavy atom. The largest absolute Gasteiger partial charge is 0.298 e. The van der Waals surface area contributed by atoms with Gasteiger partial charge in [0.05, 0.1) is 0 Å². The summed E-state index contributed by atoms with van der Waals surface area (Å²) < 4.78 is 0. The van der Waals surface area contributed by atoms with Crippen LogP contribution in [0.25, 0.3) is 6.08 Å². The van der Waals surface area contributed by atoms with Gasteiger partial charge in [0.2, 0.25) is 0 Å². The van der Waals surface area contributed by atoms with Gasteiger partial charge in [0, 0.05) is 11.1 Å². The maximum absolute atomic E-state index is 11.8. The molecule has 0 amide bonds. The van der Waals surface area contributed by atoms with E-state index in [1.807, 2.05) is 30.3 Å². The molecule has 0 atom stereocenters. The quantitative estimate of drug-likeness (QED) is 0.463. The second-order valence-corrected chi connectivity index (χ2v) is 3.85. The molecule has 0 saturated heterocycles. The van der Waals surface area contributed by atoms with Gasteiger partial charge in [0.25, 0.3) is 0 Å². The van der Waals surface area contributed by atoms with Crippen molar-refractivity contribution in [3.63, 3.8) is 0 Å². The summed E-state index contributed by atoms with van der Waals surface area (Å²) in [7, 11) is 0. The highest BCUT2D eigenvalue weighted by Crippen LogP contribution is 2.07. The number of hydrogen-bond donors (Lipinski definition) is 0. The normalized spacial score (nSPS) is 10.4. The molecule has 2 rings (SSSR count). The van der Waals surface area contributed by atoms with Crippen molar-refractivity contribution in [2.75, 3.05) is 0 Å². The van der Waals surface area contributed by atoms with Crippen molar-refractivity contribution >= 4 is 18.1 Å². The number of rotatable bonds is 4. The predicted molar refractivity (Wildman–Crippen MR) is 71.6 cm³/mol. The lowest BCUT2D eigenvalue weighted by Gasteiger charge is -1.96. The summed E-state index contributed by atoms with van der Waals surface area (Å²) in [5, 5.41) is 0. The van der Waals surface area contributed by atoms with Gasteiger partial charge < -0.3 is 0 Å². The third-order valence-electron chi connectivity index (χ3n) is 2.56. The maximum Gasteiger partial charge on any atom is 0.185 e. The SMILES string of the molecule is O=Cc1ccc(C(=O)/C=C/c2ccccc2)cc1. The molecule has 2 nitrogen and oxygen atoms in total. The molecule has 0 aliphatic heterocycles. The average molecular weight is 236 g/mol. The fourth-order valence-electron chi connectivity index (χ4n) is 1.56. The third kappa shape index (κ3) is 3.01. The Kier molecular flexibility index (Phi) is 3.82. The second-order valence-electron chi connectivity index (χ2n) is 3.85. The standard InChI is InChI=1S/C16H12O2/c17-12-14-6-9-15(10-7-14)16(18)11-8-13-4-2-1-3-5-13/h1-12H/b11-8+. The summed E-state index contributed by atoms with van der Waals surface area (Å²) in [4.78, 5) is 22.3. The van der Waals surface area contributed by atoms with E-state index in [9.17, 15) is 9.59 Å². The van der Waals surface area contributed by atoms with Crippen LogP contribution < -0.4 is 0 Å². The lowest BCUT2D eigenvalue weighted by Crippen LogP contribution is -1.94. The first-order chi connectivity index (χ1) is 8.79. The summed E-state index contributed by atoms with van der Waals surface area (Å²) >= 11 is 0. The Balaban J connectivity index is 2.12. The number of carbonyl (C=O) groups is 2. The second kappa shape index (κ2) is 5.73. The Bertz CT molecular complexity index is 566. The van der Waals surface area contributed by atoms with E-state index in [0.29, 0.717) is 11.1 Å². The molecule has 0 spiro atoms. The topological polar surface area (TPSA) is 34.1 Å². The number of carbonyl (C=O) groups excluding carboxylic acids is 2. The molecule has 0 N–H and O–H groups in total. The zero-order valence-electron chi connectivity index (χ0n) is 9.74. The molecule has 0 fully saturated rings. The van der Waals surface area contributed by atoms with Gasteiger partial charge in [-0.1, -0.05) is 60.7 Å². The van der Waals surface area contributed by atoms with E-state index in [4.69, 9.17) is 0 Å². The molecule has 2 heteroatoms. The first kappa shape index (κ1) is 12.0. The Hall–Kier alpha value is -2.48. The fraction of sp³-hybridized carbons (Fsp3) is 0. The minimum absolute atomic E-state index is 0.0729. The van der Waals surface area contributed by atoms with E-state index in [2.05, 4.69) is 0 Å². The van der Waals surface area contributed by atoms with E-state index in [1.165, 1.54) is 6.08 Å². The first-order valence-electron chi connectivity index (χ1n) is 5.62. The van der Waals surface area contributed by atoms with Crippen molar-refractivity contribution in [1.29, 1.82) is 0 Å². The van der Waals surface area contributed by atoms with Crippen molar-refractivity contribution in [2.24, 2.45) is 0 Å². The lowest BCUT2D eigenvalue weighted by molar-refractivity contribution is 0.104. The van der Waals surface area contributed by atoms with Gasteiger partial charge in [-0.3, -0.25) is 9.59 Å². The van der Waals surface area contributed by atoms with Crippen LogP contribution in [0.2, 0.25) is 0 Å². The van der Waals surface area contributed by atoms with Gasteiger partial charge in [-0.05, 0) is 11.6 Å². The summed E-state index contributed by atoms with van der Waals surface area (Å²) in [6.07, 6.45) is 4.06. The highest BCUT2D eigenvalue weighted by Gasteiger charge is 2.01. The van der Waals surface area contributed by atoms with Crippen molar-refractivity contribution in [1.82, 2.24) is 0 Å². The molecule has 18 heavy (non-hydrogen) atoms. The minimum Gasteiger partial charge on any atom is -0.298 e. The molecule has 2 aromatic rings. The molecule has 0 saturated carbocycles. The van der Waals surface area contributed by atoms with Gasteiger partial charge >= 0.3 is 0 Å². The third-order valence-corrected chi connectivity index (χ3v) is 2.56. The Labute approximate surface area is 106 Å². The molecule has 0 unspecified atom stereocenters. The van der Waals surface area contributed by atoms with Crippen LogP contribution in [0, 0.1) is 0 Å². The number of hydrogen-bond acceptors (Lipinski definition) is 2. The summed E-state index contributed by atoms with van der Waals surface area (Å²) in [5.41, 5.74) is 2.13. The van der Waals surface area contributed by atoms with E-state index in [1.54, 1.807) is 30.3 Å². The van der Waals surface area contributed by atoms with Gasteiger partial charge in [-0.15, -0.1) is 0 Å². The minimum atomic E-state index is -0.0729. The fourth-order valence-corrected chi connectivity index (χ4v) is 1.56. The van der Waals surface area contributed by atoms with Crippen LogP contribution in [0.5, 0.6) is 0 Å². The molecular formula is C16H12O2. The van der Waals surface area contributed by atoms with Gasteiger partial charge in [-0.2, -0.15) is 0 Å².